The van der Waals surface area contributed by atoms with Crippen molar-refractivity contribution in [3.05, 3.63) is 94.7 Å². The first-order chi connectivity index (χ1) is 20.7. The Bertz CT molecular complexity index is 1870. The molecule has 0 saturated heterocycles. The first kappa shape index (κ1) is 33.1. The fourth-order valence-corrected chi connectivity index (χ4v) is 7.46. The van der Waals surface area contributed by atoms with Crippen LogP contribution in [-0.4, -0.2) is 52.7 Å². The Morgan fingerprint density at radius 1 is 0.818 bits per heavy atom. The smallest absolute Gasteiger partial charge is 0.234 e. The Morgan fingerprint density at radius 2 is 1.27 bits per heavy atom. The second-order valence-electron chi connectivity index (χ2n) is 11.2. The number of benzene rings is 3. The van der Waals surface area contributed by atoms with Crippen molar-refractivity contribution in [1.29, 1.82) is 5.26 Å². The number of nitrogens with zero attached hydrogens (tertiary/aromatic N) is 2. The second kappa shape index (κ2) is 13.4. The van der Waals surface area contributed by atoms with Gasteiger partial charge in [-0.25, -0.2) is 16.8 Å². The van der Waals surface area contributed by atoms with Gasteiger partial charge in [-0.3, -0.25) is 9.69 Å². The average Bonchev–Trinajstić information content (AvgIpc) is 3.45. The molecule has 1 heterocycles. The van der Waals surface area contributed by atoms with E-state index in [1.807, 2.05) is 54.5 Å². The molecule has 0 saturated carbocycles. The van der Waals surface area contributed by atoms with Crippen LogP contribution < -0.4 is 5.73 Å². The van der Waals surface area contributed by atoms with Crippen molar-refractivity contribution in [2.75, 3.05) is 19.1 Å². The SMILES string of the molecule is CC(C)C[C@@H](C(N)=O)N(CC#N)[C@@H](c1ccc(-c2ccc(S(C)(=O)=O)cc2)cc1)c1cc(-c2ccc(S(C)(=O)=O)cc2)cs1. The summed E-state index contributed by atoms with van der Waals surface area (Å²) < 4.78 is 47.6. The van der Waals surface area contributed by atoms with Crippen molar-refractivity contribution in [2.45, 2.75) is 42.1 Å². The van der Waals surface area contributed by atoms with Gasteiger partial charge in [0.05, 0.1) is 34.5 Å². The number of hydrogen-bond acceptors (Lipinski definition) is 8. The maximum Gasteiger partial charge on any atom is 0.234 e. The standard InChI is InChI=1S/C33H35N3O5S3/c1-22(2)19-30(33(35)37)36(18-17-34)32(31-20-27(21-42-31)25-11-15-29(16-12-25)44(4,40)41)26-7-5-23(6-8-26)24-9-13-28(14-10-24)43(3,38)39/h5-16,20-22,30,32H,18-19H2,1-4H3,(H2,35,37)/t30-,32-/m0/s1. The molecule has 230 valence electrons. The molecule has 4 rings (SSSR count). The van der Waals surface area contributed by atoms with E-state index in [0.29, 0.717) is 6.42 Å². The molecule has 0 fully saturated rings. The molecule has 2 N–H and O–H groups in total. The van der Waals surface area contributed by atoms with Crippen molar-refractivity contribution < 1.29 is 21.6 Å². The molecular weight excluding hydrogens is 615 g/mol. The van der Waals surface area contributed by atoms with Gasteiger partial charge in [-0.1, -0.05) is 62.4 Å². The lowest BCUT2D eigenvalue weighted by molar-refractivity contribution is -0.124. The molecule has 11 heteroatoms. The van der Waals surface area contributed by atoms with Crippen LogP contribution in [0.5, 0.6) is 0 Å². The van der Waals surface area contributed by atoms with Crippen LogP contribution in [0.25, 0.3) is 22.3 Å². The van der Waals surface area contributed by atoms with Crippen LogP contribution in [0, 0.1) is 17.2 Å². The van der Waals surface area contributed by atoms with Crippen molar-refractivity contribution in [1.82, 2.24) is 4.90 Å². The molecule has 0 aliphatic carbocycles. The summed E-state index contributed by atoms with van der Waals surface area (Å²) in [7, 11) is -6.64. The van der Waals surface area contributed by atoms with Gasteiger partial charge in [0.25, 0.3) is 0 Å². The number of nitrogens with two attached hydrogens (primary N) is 1. The summed E-state index contributed by atoms with van der Waals surface area (Å²) in [6.45, 7) is 3.97. The lowest BCUT2D eigenvalue weighted by Gasteiger charge is -2.35. The molecule has 44 heavy (non-hydrogen) atoms. The van der Waals surface area contributed by atoms with E-state index in [1.165, 1.54) is 23.8 Å². The number of carbonyl (C=O) groups is 1. The normalized spacial score (nSPS) is 13.5. The number of sulfone groups is 2. The zero-order valence-electron chi connectivity index (χ0n) is 25.0. The van der Waals surface area contributed by atoms with Gasteiger partial charge >= 0.3 is 0 Å². The van der Waals surface area contributed by atoms with Crippen molar-refractivity contribution in [2.24, 2.45) is 11.7 Å². The number of primary amides is 1. The largest absolute Gasteiger partial charge is 0.368 e. The maximum atomic E-state index is 12.8. The summed E-state index contributed by atoms with van der Waals surface area (Å²) in [5, 5.41) is 11.8. The predicted molar refractivity (Wildman–Crippen MR) is 174 cm³/mol. The first-order valence-electron chi connectivity index (χ1n) is 13.9. The topological polar surface area (TPSA) is 138 Å². The molecule has 0 aliphatic rings. The number of thiophene rings is 1. The van der Waals surface area contributed by atoms with Crippen LogP contribution in [0.3, 0.4) is 0 Å². The molecule has 0 unspecified atom stereocenters. The van der Waals surface area contributed by atoms with Gasteiger partial charge in [-0.05, 0) is 75.9 Å². The summed E-state index contributed by atoms with van der Waals surface area (Å²) in [6.07, 6.45) is 2.81. The van der Waals surface area contributed by atoms with Crippen molar-refractivity contribution >= 4 is 36.9 Å². The molecular formula is C33H35N3O5S3. The second-order valence-corrected chi connectivity index (χ2v) is 16.2. The number of rotatable bonds is 12. The third-order valence-corrected chi connectivity index (χ3v) is 10.6. The number of amides is 1. The van der Waals surface area contributed by atoms with Crippen LogP contribution in [0.1, 0.15) is 36.8 Å². The van der Waals surface area contributed by atoms with Crippen LogP contribution in [0.2, 0.25) is 0 Å². The number of carbonyl (C=O) groups excluding carboxylic acids is 1. The monoisotopic (exact) mass is 649 g/mol. The Morgan fingerprint density at radius 3 is 1.68 bits per heavy atom. The molecule has 0 spiro atoms. The molecule has 1 aromatic heterocycles. The fourth-order valence-electron chi connectivity index (χ4n) is 5.14. The van der Waals surface area contributed by atoms with E-state index < -0.39 is 37.7 Å². The van der Waals surface area contributed by atoms with Crippen LogP contribution >= 0.6 is 11.3 Å². The van der Waals surface area contributed by atoms with E-state index in [-0.39, 0.29) is 22.3 Å². The lowest BCUT2D eigenvalue weighted by atomic mass is 9.94. The minimum Gasteiger partial charge on any atom is -0.368 e. The summed E-state index contributed by atoms with van der Waals surface area (Å²) in [4.78, 5) is 16.0. The van der Waals surface area contributed by atoms with E-state index >= 15 is 0 Å². The first-order valence-corrected chi connectivity index (χ1v) is 18.6. The average molecular weight is 650 g/mol. The molecule has 8 nitrogen and oxygen atoms in total. The molecule has 3 aromatic carbocycles. The predicted octanol–water partition coefficient (Wildman–Crippen LogP) is 5.70. The Hall–Kier alpha value is -3.82. The fraction of sp³-hybridized carbons (Fsp3) is 0.273. The van der Waals surface area contributed by atoms with E-state index in [2.05, 4.69) is 6.07 Å². The molecule has 1 amide bonds. The van der Waals surface area contributed by atoms with Crippen LogP contribution in [0.4, 0.5) is 0 Å². The molecule has 0 aliphatic heterocycles. The third kappa shape index (κ3) is 7.81. The molecule has 2 atom stereocenters. The van der Waals surface area contributed by atoms with Gasteiger partial charge in [0.2, 0.25) is 5.91 Å². The highest BCUT2D eigenvalue weighted by atomic mass is 32.2. The Kier molecular flexibility index (Phi) is 10.1. The molecule has 4 aromatic rings. The van der Waals surface area contributed by atoms with Gasteiger partial charge in [0.1, 0.15) is 0 Å². The Balaban J connectivity index is 1.79. The minimum atomic E-state index is -3.33. The van der Waals surface area contributed by atoms with Gasteiger partial charge in [-0.2, -0.15) is 5.26 Å². The highest BCUT2D eigenvalue weighted by Crippen LogP contribution is 2.39. The summed E-state index contributed by atoms with van der Waals surface area (Å²) in [5.74, 6) is -0.353. The number of nitriles is 1. The quantitative estimate of drug-likeness (QED) is 0.194. The highest BCUT2D eigenvalue weighted by Gasteiger charge is 2.33. The third-order valence-electron chi connectivity index (χ3n) is 7.36. The van der Waals surface area contributed by atoms with Crippen molar-refractivity contribution in [3.8, 4) is 28.3 Å². The van der Waals surface area contributed by atoms with E-state index in [4.69, 9.17) is 5.73 Å². The lowest BCUT2D eigenvalue weighted by Crippen LogP contribution is -2.47. The summed E-state index contributed by atoms with van der Waals surface area (Å²) in [6, 6.07) is 24.2. The van der Waals surface area contributed by atoms with Gasteiger partial charge < -0.3 is 5.73 Å². The van der Waals surface area contributed by atoms with Crippen LogP contribution in [-0.2, 0) is 24.5 Å². The van der Waals surface area contributed by atoms with Crippen molar-refractivity contribution in [3.63, 3.8) is 0 Å². The van der Waals surface area contributed by atoms with Gasteiger partial charge in [-0.15, -0.1) is 11.3 Å². The zero-order chi connectivity index (χ0) is 32.2. The minimum absolute atomic E-state index is 0.0318. The summed E-state index contributed by atoms with van der Waals surface area (Å²) >= 11 is 1.49. The number of hydrogen-bond donors (Lipinski definition) is 1. The van der Waals surface area contributed by atoms with E-state index in [0.717, 1.165) is 32.7 Å². The summed E-state index contributed by atoms with van der Waals surface area (Å²) in [5.41, 5.74) is 10.2. The van der Waals surface area contributed by atoms with E-state index in [1.54, 1.807) is 48.5 Å². The van der Waals surface area contributed by atoms with Crippen LogP contribution in [0.15, 0.2) is 94.0 Å². The van der Waals surface area contributed by atoms with Gasteiger partial charge in [0.15, 0.2) is 19.7 Å². The van der Waals surface area contributed by atoms with E-state index in [9.17, 15) is 26.9 Å². The zero-order valence-corrected chi connectivity index (χ0v) is 27.4. The Labute approximate surface area is 263 Å². The maximum absolute atomic E-state index is 12.8. The molecule has 0 radical (unpaired) electrons. The molecule has 0 bridgehead atoms. The highest BCUT2D eigenvalue weighted by molar-refractivity contribution is 7.91. The van der Waals surface area contributed by atoms with Gasteiger partial charge in [0, 0.05) is 17.4 Å².